The molecule has 0 bridgehead atoms. The van der Waals surface area contributed by atoms with Crippen LogP contribution in [0.3, 0.4) is 0 Å². The zero-order chi connectivity index (χ0) is 5.54. The number of rotatable bonds is 3. The van der Waals surface area contributed by atoms with E-state index in [-0.39, 0.29) is 15.0 Å². The minimum atomic E-state index is 0.203. The maximum atomic E-state index is 8.04. The van der Waals surface area contributed by atoms with Crippen molar-refractivity contribution in [3.63, 3.8) is 0 Å². The molecule has 0 saturated heterocycles. The Labute approximate surface area is 50.2 Å². The van der Waals surface area contributed by atoms with E-state index < -0.39 is 0 Å². The first-order valence-corrected chi connectivity index (χ1v) is 4.10. The topological polar surface area (TPSA) is 23.8 Å². The fourth-order valence-electron chi connectivity index (χ4n) is 0.188. The van der Waals surface area contributed by atoms with Gasteiger partial charge in [-0.25, -0.2) is 0 Å². The van der Waals surface area contributed by atoms with Crippen LogP contribution in [0.1, 0.15) is 6.42 Å². The van der Waals surface area contributed by atoms with E-state index in [1.54, 1.807) is 0 Å². The molecule has 0 amide bonds. The van der Waals surface area contributed by atoms with E-state index in [2.05, 4.69) is 11.5 Å². The normalized spacial score (nSPS) is 7.29. The van der Waals surface area contributed by atoms with Crippen molar-refractivity contribution < 1.29 is 0 Å². The Kier molecular flexibility index (Phi) is 5.54. The molecular weight excluding hydrogens is 153 g/mol. The molecule has 0 N–H and O–H groups in total. The van der Waals surface area contributed by atoms with Crippen LogP contribution in [0.15, 0.2) is 12.7 Å². The van der Waals surface area contributed by atoms with Gasteiger partial charge >= 0.3 is 49.6 Å². The fraction of sp³-hybridized carbons (Fsp3) is 0.400. The van der Waals surface area contributed by atoms with Crippen molar-refractivity contribution in [3.8, 4) is 4.97 Å². The summed E-state index contributed by atoms with van der Waals surface area (Å²) in [5.74, 6) is 0. The van der Waals surface area contributed by atoms with Crippen LogP contribution in [-0.4, -0.2) is 15.0 Å². The summed E-state index contributed by atoms with van der Waals surface area (Å²) in [5, 5.41) is 9.06. The molecule has 0 aliphatic heterocycles. The molecule has 7 heavy (non-hydrogen) atoms. The third-order valence-electron chi connectivity index (χ3n) is 0.489. The van der Waals surface area contributed by atoms with Gasteiger partial charge in [-0.2, -0.15) is 0 Å². The average Bonchev–Trinajstić information content (AvgIpc) is 1.69. The molecule has 0 rings (SSSR count). The van der Waals surface area contributed by atoms with Crippen LogP contribution in [-0.2, 0) is 0 Å². The summed E-state index contributed by atoms with van der Waals surface area (Å²) < 4.78 is 0. The van der Waals surface area contributed by atoms with Gasteiger partial charge in [0.2, 0.25) is 0 Å². The molecule has 0 aliphatic rings. The third kappa shape index (κ3) is 5.75. The van der Waals surface area contributed by atoms with Crippen molar-refractivity contribution in [3.05, 3.63) is 12.7 Å². The van der Waals surface area contributed by atoms with Crippen molar-refractivity contribution in [2.24, 2.45) is 0 Å². The first-order chi connectivity index (χ1) is 3.41. The monoisotopic (exact) mass is 161 g/mol. The van der Waals surface area contributed by atoms with Gasteiger partial charge in [-0.1, -0.05) is 0 Å². The Hall–Kier alpha value is -0.251. The first kappa shape index (κ1) is 6.75. The van der Waals surface area contributed by atoms with Crippen molar-refractivity contribution in [1.29, 1.82) is 5.26 Å². The molecule has 0 heterocycles. The minimum absolute atomic E-state index is 0.203. The van der Waals surface area contributed by atoms with Crippen LogP contribution in [0.4, 0.5) is 0 Å². The van der Waals surface area contributed by atoms with Crippen molar-refractivity contribution in [2.75, 3.05) is 0 Å². The number of nitrogens with zero attached hydrogens (tertiary/aromatic N) is 1. The van der Waals surface area contributed by atoms with Crippen molar-refractivity contribution in [1.82, 2.24) is 0 Å². The quantitative estimate of drug-likeness (QED) is 0.345. The Morgan fingerprint density at radius 1 is 1.86 bits per heavy atom. The molecular formula is C5H7NSe. The molecule has 1 nitrogen and oxygen atoms in total. The van der Waals surface area contributed by atoms with Gasteiger partial charge in [0.15, 0.2) is 0 Å². The third-order valence-corrected chi connectivity index (χ3v) is 1.68. The molecule has 0 aromatic carbocycles. The number of hydrogen-bond donors (Lipinski definition) is 0. The Balaban J connectivity index is 2.72. The van der Waals surface area contributed by atoms with E-state index in [9.17, 15) is 0 Å². The Morgan fingerprint density at radius 3 is 3.00 bits per heavy atom. The van der Waals surface area contributed by atoms with Gasteiger partial charge in [-0.15, -0.1) is 0 Å². The molecule has 2 heteroatoms. The van der Waals surface area contributed by atoms with Crippen molar-refractivity contribution in [2.45, 2.75) is 11.7 Å². The van der Waals surface area contributed by atoms with Crippen LogP contribution in [0, 0.1) is 10.2 Å². The standard InChI is InChI=1S/C5H7NSe/c1-2-3-4-7-5-6/h2H,1,3-4H2. The van der Waals surface area contributed by atoms with Gasteiger partial charge in [0.25, 0.3) is 0 Å². The molecule has 0 unspecified atom stereocenters. The van der Waals surface area contributed by atoms with Gasteiger partial charge in [-0.3, -0.25) is 0 Å². The summed E-state index contributed by atoms with van der Waals surface area (Å²) >= 11 is 0.203. The molecule has 0 fully saturated rings. The van der Waals surface area contributed by atoms with Crippen LogP contribution >= 0.6 is 0 Å². The summed E-state index contributed by atoms with van der Waals surface area (Å²) in [7, 11) is 0. The second kappa shape index (κ2) is 5.75. The van der Waals surface area contributed by atoms with Crippen LogP contribution in [0.2, 0.25) is 5.32 Å². The van der Waals surface area contributed by atoms with Gasteiger partial charge in [0.1, 0.15) is 0 Å². The number of nitriles is 1. The molecule has 0 aromatic heterocycles. The summed E-state index contributed by atoms with van der Waals surface area (Å²) in [4.78, 5) is 2.12. The number of hydrogen-bond acceptors (Lipinski definition) is 1. The summed E-state index contributed by atoms with van der Waals surface area (Å²) in [6.07, 6.45) is 2.84. The van der Waals surface area contributed by atoms with Gasteiger partial charge in [-0.05, 0) is 0 Å². The molecule has 38 valence electrons. The van der Waals surface area contributed by atoms with Crippen LogP contribution < -0.4 is 0 Å². The zero-order valence-corrected chi connectivity index (χ0v) is 5.77. The van der Waals surface area contributed by atoms with E-state index in [1.807, 2.05) is 6.08 Å². The second-order valence-corrected chi connectivity index (χ2v) is 2.86. The predicted molar refractivity (Wildman–Crippen MR) is 31.0 cm³/mol. The number of allylic oxidation sites excluding steroid dienone is 1. The van der Waals surface area contributed by atoms with Crippen molar-refractivity contribution >= 4 is 15.0 Å². The first-order valence-electron chi connectivity index (χ1n) is 2.03. The SMILES string of the molecule is C=CCC[Se]C#N. The van der Waals surface area contributed by atoms with Crippen LogP contribution in [0.5, 0.6) is 0 Å². The van der Waals surface area contributed by atoms with E-state index in [4.69, 9.17) is 5.26 Å². The summed E-state index contributed by atoms with van der Waals surface area (Å²) in [6, 6.07) is 0. The van der Waals surface area contributed by atoms with Gasteiger partial charge in [0.05, 0.1) is 0 Å². The second-order valence-electron chi connectivity index (χ2n) is 1.02. The molecule has 0 saturated carbocycles. The maximum absolute atomic E-state index is 8.04. The van der Waals surface area contributed by atoms with E-state index in [1.165, 1.54) is 0 Å². The predicted octanol–water partition coefficient (Wildman–Crippen LogP) is 1.17. The van der Waals surface area contributed by atoms with E-state index in [0.29, 0.717) is 0 Å². The average molecular weight is 160 g/mol. The summed E-state index contributed by atoms with van der Waals surface area (Å²) in [5.41, 5.74) is 0. The summed E-state index contributed by atoms with van der Waals surface area (Å²) in [6.45, 7) is 3.53. The van der Waals surface area contributed by atoms with E-state index >= 15 is 0 Å². The zero-order valence-electron chi connectivity index (χ0n) is 4.05. The molecule has 0 aromatic rings. The molecule has 0 atom stereocenters. The van der Waals surface area contributed by atoms with Crippen LogP contribution in [0.25, 0.3) is 0 Å². The molecule has 0 aliphatic carbocycles. The Morgan fingerprint density at radius 2 is 2.57 bits per heavy atom. The Bertz CT molecular complexity index is 82.6. The van der Waals surface area contributed by atoms with E-state index in [0.717, 1.165) is 11.7 Å². The molecule has 0 radical (unpaired) electrons. The van der Waals surface area contributed by atoms with Gasteiger partial charge < -0.3 is 0 Å². The fourth-order valence-corrected chi connectivity index (χ4v) is 0.976. The molecule has 0 spiro atoms. The van der Waals surface area contributed by atoms with Gasteiger partial charge in [0, 0.05) is 0 Å².